The molecule has 2 heterocycles. The quantitative estimate of drug-likeness (QED) is 0.780. The van der Waals surface area contributed by atoms with Gasteiger partial charge in [0.15, 0.2) is 5.82 Å². The molecule has 1 aliphatic rings. The smallest absolute Gasteiger partial charge is 0.235 e. The summed E-state index contributed by atoms with van der Waals surface area (Å²) >= 11 is 1.31. The Morgan fingerprint density at radius 1 is 1.35 bits per heavy atom. The van der Waals surface area contributed by atoms with Gasteiger partial charge in [-0.2, -0.15) is 0 Å². The standard InChI is InChI=1S/C18H23N5O2S/c1-11-5-7-13(8-6-11)16-20-18(22-21-16)26-12(2)17(25)23-9-3-4-14(10-23)15(19)24/h5-8,12,14H,3-4,9-10H2,1-2H3,(H2,19,24)(H,20,21,22). The number of aryl methyl sites for hydroxylation is 1. The van der Waals surface area contributed by atoms with Crippen molar-refractivity contribution >= 4 is 23.6 Å². The van der Waals surface area contributed by atoms with E-state index in [-0.39, 0.29) is 23.0 Å². The van der Waals surface area contributed by atoms with Crippen molar-refractivity contribution in [2.24, 2.45) is 11.7 Å². The van der Waals surface area contributed by atoms with Crippen LogP contribution < -0.4 is 5.73 Å². The Morgan fingerprint density at radius 3 is 2.77 bits per heavy atom. The molecule has 2 atom stereocenters. The molecule has 2 unspecified atom stereocenters. The number of rotatable bonds is 5. The Kier molecular flexibility index (Phi) is 5.61. The van der Waals surface area contributed by atoms with Gasteiger partial charge in [-0.05, 0) is 26.7 Å². The van der Waals surface area contributed by atoms with Gasteiger partial charge in [-0.1, -0.05) is 41.6 Å². The summed E-state index contributed by atoms with van der Waals surface area (Å²) < 4.78 is 0. The first-order valence-electron chi connectivity index (χ1n) is 8.68. The Labute approximate surface area is 156 Å². The fourth-order valence-electron chi connectivity index (χ4n) is 3.01. The third-order valence-electron chi connectivity index (χ3n) is 4.56. The van der Waals surface area contributed by atoms with E-state index >= 15 is 0 Å². The van der Waals surface area contributed by atoms with E-state index < -0.39 is 0 Å². The fourth-order valence-corrected chi connectivity index (χ4v) is 3.82. The first-order valence-corrected chi connectivity index (χ1v) is 9.56. The molecule has 1 aliphatic heterocycles. The van der Waals surface area contributed by atoms with Gasteiger partial charge in [-0.15, -0.1) is 5.10 Å². The molecule has 0 bridgehead atoms. The van der Waals surface area contributed by atoms with Crippen molar-refractivity contribution in [1.82, 2.24) is 20.1 Å². The molecule has 3 N–H and O–H groups in total. The number of thioether (sulfide) groups is 1. The summed E-state index contributed by atoms with van der Waals surface area (Å²) in [6, 6.07) is 8.00. The van der Waals surface area contributed by atoms with Crippen LogP contribution in [0.25, 0.3) is 11.4 Å². The average Bonchev–Trinajstić information content (AvgIpc) is 3.10. The number of aromatic amines is 1. The number of hydrogen-bond donors (Lipinski definition) is 2. The molecule has 0 radical (unpaired) electrons. The van der Waals surface area contributed by atoms with Crippen LogP contribution in [0.3, 0.4) is 0 Å². The second kappa shape index (κ2) is 7.90. The number of nitrogens with one attached hydrogen (secondary N) is 1. The largest absolute Gasteiger partial charge is 0.369 e. The van der Waals surface area contributed by atoms with Gasteiger partial charge in [0.05, 0.1) is 11.2 Å². The van der Waals surface area contributed by atoms with E-state index in [1.54, 1.807) is 4.90 Å². The number of aromatic nitrogens is 3. The number of likely N-dealkylation sites (tertiary alicyclic amines) is 1. The van der Waals surface area contributed by atoms with Gasteiger partial charge >= 0.3 is 0 Å². The van der Waals surface area contributed by atoms with Gasteiger partial charge in [-0.25, -0.2) is 4.98 Å². The number of piperidine rings is 1. The third-order valence-corrected chi connectivity index (χ3v) is 5.50. The fraction of sp³-hybridized carbons (Fsp3) is 0.444. The third kappa shape index (κ3) is 4.24. The molecule has 8 heteroatoms. The molecule has 1 fully saturated rings. The van der Waals surface area contributed by atoms with Crippen molar-refractivity contribution in [1.29, 1.82) is 0 Å². The molecule has 7 nitrogen and oxygen atoms in total. The van der Waals surface area contributed by atoms with E-state index in [0.717, 1.165) is 18.4 Å². The zero-order chi connectivity index (χ0) is 18.7. The number of hydrogen-bond acceptors (Lipinski definition) is 5. The summed E-state index contributed by atoms with van der Waals surface area (Å²) in [4.78, 5) is 30.3. The Morgan fingerprint density at radius 2 is 2.08 bits per heavy atom. The molecule has 0 saturated carbocycles. The van der Waals surface area contributed by atoms with Crippen LogP contribution >= 0.6 is 11.8 Å². The topological polar surface area (TPSA) is 105 Å². The number of H-pyrrole nitrogens is 1. The lowest BCUT2D eigenvalue weighted by Gasteiger charge is -2.32. The second-order valence-corrected chi connectivity index (χ2v) is 7.93. The summed E-state index contributed by atoms with van der Waals surface area (Å²) in [5.41, 5.74) is 7.52. The maximum absolute atomic E-state index is 12.7. The summed E-state index contributed by atoms with van der Waals surface area (Å²) in [5, 5.41) is 7.33. The molecule has 2 aromatic rings. The number of benzene rings is 1. The number of amides is 2. The molecule has 0 aliphatic carbocycles. The van der Waals surface area contributed by atoms with Crippen molar-refractivity contribution in [3.05, 3.63) is 29.8 Å². The summed E-state index contributed by atoms with van der Waals surface area (Å²) in [6.45, 7) is 4.93. The molecule has 138 valence electrons. The van der Waals surface area contributed by atoms with Gasteiger partial charge < -0.3 is 10.6 Å². The van der Waals surface area contributed by atoms with Crippen LogP contribution in [0.1, 0.15) is 25.3 Å². The molecule has 1 aromatic heterocycles. The first-order chi connectivity index (χ1) is 12.4. The summed E-state index contributed by atoms with van der Waals surface area (Å²) in [6.07, 6.45) is 1.55. The molecular formula is C18H23N5O2S. The van der Waals surface area contributed by atoms with E-state index in [1.165, 1.54) is 17.3 Å². The lowest BCUT2D eigenvalue weighted by Crippen LogP contribution is -2.46. The van der Waals surface area contributed by atoms with Gasteiger partial charge in [0.1, 0.15) is 0 Å². The molecule has 3 rings (SSSR count). The lowest BCUT2D eigenvalue weighted by atomic mass is 9.97. The van der Waals surface area contributed by atoms with E-state index in [4.69, 9.17) is 5.73 Å². The van der Waals surface area contributed by atoms with Crippen LogP contribution in [0.4, 0.5) is 0 Å². The van der Waals surface area contributed by atoms with Gasteiger partial charge in [0.2, 0.25) is 17.0 Å². The summed E-state index contributed by atoms with van der Waals surface area (Å²) in [7, 11) is 0. The Bertz CT molecular complexity index is 789. The van der Waals surface area contributed by atoms with Crippen LogP contribution in [0.5, 0.6) is 0 Å². The molecule has 2 amide bonds. The molecule has 26 heavy (non-hydrogen) atoms. The highest BCUT2D eigenvalue weighted by molar-refractivity contribution is 8.00. The van der Waals surface area contributed by atoms with E-state index in [1.807, 2.05) is 38.1 Å². The van der Waals surface area contributed by atoms with Crippen LogP contribution in [-0.4, -0.2) is 50.2 Å². The van der Waals surface area contributed by atoms with Gasteiger partial charge in [0.25, 0.3) is 0 Å². The van der Waals surface area contributed by atoms with Gasteiger partial charge in [0, 0.05) is 18.7 Å². The van der Waals surface area contributed by atoms with E-state index in [0.29, 0.717) is 24.1 Å². The van der Waals surface area contributed by atoms with Crippen molar-refractivity contribution in [2.45, 2.75) is 37.1 Å². The molecule has 1 saturated heterocycles. The van der Waals surface area contributed by atoms with Crippen LogP contribution in [0.2, 0.25) is 0 Å². The predicted molar refractivity (Wildman–Crippen MR) is 100 cm³/mol. The van der Waals surface area contributed by atoms with Gasteiger partial charge in [-0.3, -0.25) is 14.7 Å². The van der Waals surface area contributed by atoms with Crippen molar-refractivity contribution < 1.29 is 9.59 Å². The monoisotopic (exact) mass is 373 g/mol. The SMILES string of the molecule is Cc1ccc(-c2nc(SC(C)C(=O)N3CCCC(C(N)=O)C3)n[nH]2)cc1. The number of nitrogens with two attached hydrogens (primary N) is 1. The number of primary amides is 1. The molecule has 1 aromatic carbocycles. The van der Waals surface area contributed by atoms with Crippen LogP contribution in [0.15, 0.2) is 29.4 Å². The van der Waals surface area contributed by atoms with Crippen molar-refractivity contribution in [3.8, 4) is 11.4 Å². The number of carbonyl (C=O) groups excluding carboxylic acids is 2. The minimum absolute atomic E-state index is 0.0114. The average molecular weight is 373 g/mol. The maximum Gasteiger partial charge on any atom is 0.235 e. The normalized spacial score (nSPS) is 18.5. The van der Waals surface area contributed by atoms with Crippen LogP contribution in [0, 0.1) is 12.8 Å². The second-order valence-electron chi connectivity index (χ2n) is 6.62. The van der Waals surface area contributed by atoms with E-state index in [9.17, 15) is 9.59 Å². The predicted octanol–water partition coefficient (Wildman–Crippen LogP) is 1.98. The highest BCUT2D eigenvalue weighted by Gasteiger charge is 2.30. The van der Waals surface area contributed by atoms with Crippen LogP contribution in [-0.2, 0) is 9.59 Å². The van der Waals surface area contributed by atoms with Crippen molar-refractivity contribution in [3.63, 3.8) is 0 Å². The Balaban J connectivity index is 1.62. The Hall–Kier alpha value is -2.35. The minimum Gasteiger partial charge on any atom is -0.369 e. The highest BCUT2D eigenvalue weighted by atomic mass is 32.2. The summed E-state index contributed by atoms with van der Waals surface area (Å²) in [5.74, 6) is 0.0858. The zero-order valence-electron chi connectivity index (χ0n) is 14.9. The highest BCUT2D eigenvalue weighted by Crippen LogP contribution is 2.25. The van der Waals surface area contributed by atoms with Crippen molar-refractivity contribution in [2.75, 3.05) is 13.1 Å². The zero-order valence-corrected chi connectivity index (χ0v) is 15.8. The minimum atomic E-state index is -0.334. The molecular weight excluding hydrogens is 350 g/mol. The molecule has 0 spiro atoms. The number of carbonyl (C=O) groups is 2. The van der Waals surface area contributed by atoms with E-state index in [2.05, 4.69) is 15.2 Å². The number of nitrogens with zero attached hydrogens (tertiary/aromatic N) is 3. The first kappa shape index (κ1) is 18.4. The lowest BCUT2D eigenvalue weighted by molar-refractivity contribution is -0.134. The maximum atomic E-state index is 12.7.